The van der Waals surface area contributed by atoms with E-state index in [1.54, 1.807) is 34.8 Å². The maximum atomic E-state index is 13.5. The van der Waals surface area contributed by atoms with E-state index < -0.39 is 0 Å². The lowest BCUT2D eigenvalue weighted by atomic mass is 10.2. The number of aromatic nitrogens is 3. The SMILES string of the molecule is Fc1ccc(-c2nc(=S)c(-c3nc4ccccc4s3)c3sc4ccccc4n23)cc1. The number of rotatable bonds is 2. The van der Waals surface area contributed by atoms with Gasteiger partial charge in [-0.3, -0.25) is 4.40 Å². The van der Waals surface area contributed by atoms with Crippen LogP contribution in [-0.2, 0) is 0 Å². The van der Waals surface area contributed by atoms with Gasteiger partial charge in [0.05, 0.1) is 26.0 Å². The average Bonchev–Trinajstić information content (AvgIpc) is 3.35. The molecule has 0 aliphatic heterocycles. The second-order valence-electron chi connectivity index (χ2n) is 6.82. The fraction of sp³-hybridized carbons (Fsp3) is 0. The Morgan fingerprint density at radius 2 is 1.53 bits per heavy atom. The fourth-order valence-electron chi connectivity index (χ4n) is 3.61. The van der Waals surface area contributed by atoms with Crippen molar-refractivity contribution < 1.29 is 4.39 Å². The highest BCUT2D eigenvalue weighted by molar-refractivity contribution is 7.71. The Hall–Kier alpha value is -3.00. The number of hydrogen-bond acceptors (Lipinski definition) is 5. The second kappa shape index (κ2) is 6.77. The standard InChI is InChI=1S/C23H12FN3S3/c24-14-11-9-13(10-12-14)20-26-21(28)19(22-25-15-5-1-3-7-17(15)29-22)23-27(20)16-6-2-4-8-18(16)30-23/h1-12H. The first-order valence-electron chi connectivity index (χ1n) is 9.25. The van der Waals surface area contributed by atoms with E-state index in [0.29, 0.717) is 10.5 Å². The van der Waals surface area contributed by atoms with Gasteiger partial charge in [-0.05, 0) is 48.5 Å². The zero-order valence-electron chi connectivity index (χ0n) is 15.4. The molecular weight excluding hydrogens is 433 g/mol. The van der Waals surface area contributed by atoms with E-state index in [-0.39, 0.29) is 5.82 Å². The monoisotopic (exact) mass is 445 g/mol. The third-order valence-corrected chi connectivity index (χ3v) is 7.47. The third-order valence-electron chi connectivity index (χ3n) is 4.97. The molecule has 0 atom stereocenters. The van der Waals surface area contributed by atoms with Crippen molar-refractivity contribution in [2.75, 3.05) is 0 Å². The van der Waals surface area contributed by atoms with Crippen LogP contribution in [0.15, 0.2) is 72.8 Å². The highest BCUT2D eigenvalue weighted by atomic mass is 32.1. The molecule has 0 unspecified atom stereocenters. The number of nitrogens with zero attached hydrogens (tertiary/aromatic N) is 3. The van der Waals surface area contributed by atoms with E-state index >= 15 is 0 Å². The zero-order chi connectivity index (χ0) is 20.2. The van der Waals surface area contributed by atoms with Crippen molar-refractivity contribution in [2.24, 2.45) is 0 Å². The van der Waals surface area contributed by atoms with E-state index in [2.05, 4.69) is 22.6 Å². The second-order valence-corrected chi connectivity index (χ2v) is 9.27. The quantitative estimate of drug-likeness (QED) is 0.261. The Labute approximate surface area is 183 Å². The van der Waals surface area contributed by atoms with E-state index in [1.807, 2.05) is 30.3 Å². The molecule has 0 radical (unpaired) electrons. The predicted molar refractivity (Wildman–Crippen MR) is 125 cm³/mol. The lowest BCUT2D eigenvalue weighted by Crippen LogP contribution is -1.99. The summed E-state index contributed by atoms with van der Waals surface area (Å²) in [5.41, 5.74) is 3.69. The van der Waals surface area contributed by atoms with Crippen LogP contribution in [0.3, 0.4) is 0 Å². The molecule has 6 rings (SSSR count). The van der Waals surface area contributed by atoms with Crippen molar-refractivity contribution in [3.8, 4) is 22.0 Å². The van der Waals surface area contributed by atoms with Gasteiger partial charge in [-0.25, -0.2) is 14.4 Å². The van der Waals surface area contributed by atoms with Gasteiger partial charge in [0.25, 0.3) is 0 Å². The van der Waals surface area contributed by atoms with Crippen molar-refractivity contribution in [3.63, 3.8) is 0 Å². The molecule has 3 nitrogen and oxygen atoms in total. The molecule has 0 spiro atoms. The van der Waals surface area contributed by atoms with E-state index in [0.717, 1.165) is 41.4 Å². The van der Waals surface area contributed by atoms with Gasteiger partial charge in [0.2, 0.25) is 0 Å². The molecule has 0 aliphatic rings. The summed E-state index contributed by atoms with van der Waals surface area (Å²) in [6.45, 7) is 0. The molecule has 7 heteroatoms. The van der Waals surface area contributed by atoms with Crippen molar-refractivity contribution in [2.45, 2.75) is 0 Å². The molecule has 3 heterocycles. The predicted octanol–water partition coefficient (Wildman–Crippen LogP) is 7.36. The summed E-state index contributed by atoms with van der Waals surface area (Å²) in [5.74, 6) is 0.428. The summed E-state index contributed by atoms with van der Waals surface area (Å²) in [4.78, 5) is 10.6. The Morgan fingerprint density at radius 3 is 2.33 bits per heavy atom. The average molecular weight is 446 g/mol. The number of halogens is 1. The highest BCUT2D eigenvalue weighted by Gasteiger charge is 2.19. The molecule has 0 bridgehead atoms. The summed E-state index contributed by atoms with van der Waals surface area (Å²) in [6.07, 6.45) is 0. The Bertz CT molecular complexity index is 1590. The number of hydrogen-bond donors (Lipinski definition) is 0. The largest absolute Gasteiger partial charge is 0.283 e. The van der Waals surface area contributed by atoms with Crippen molar-refractivity contribution in [3.05, 3.63) is 83.3 Å². The van der Waals surface area contributed by atoms with E-state index in [9.17, 15) is 4.39 Å². The minimum absolute atomic E-state index is 0.278. The van der Waals surface area contributed by atoms with Gasteiger partial charge in [-0.15, -0.1) is 22.7 Å². The van der Waals surface area contributed by atoms with Crippen molar-refractivity contribution in [1.82, 2.24) is 14.4 Å². The molecule has 0 amide bonds. The van der Waals surface area contributed by atoms with Crippen LogP contribution < -0.4 is 0 Å². The molecule has 30 heavy (non-hydrogen) atoms. The molecule has 6 aromatic rings. The molecule has 3 aromatic carbocycles. The normalized spacial score (nSPS) is 11.6. The van der Waals surface area contributed by atoms with Crippen LogP contribution in [0.25, 0.3) is 47.2 Å². The van der Waals surface area contributed by atoms with Gasteiger partial charge in [-0.2, -0.15) is 0 Å². The van der Waals surface area contributed by atoms with Gasteiger partial charge in [0.1, 0.15) is 26.1 Å². The van der Waals surface area contributed by atoms with Gasteiger partial charge < -0.3 is 0 Å². The fourth-order valence-corrected chi connectivity index (χ4v) is 6.29. The topological polar surface area (TPSA) is 30.2 Å². The number of para-hydroxylation sites is 2. The molecule has 0 N–H and O–H groups in total. The van der Waals surface area contributed by atoms with Crippen molar-refractivity contribution in [1.29, 1.82) is 0 Å². The molecule has 3 aromatic heterocycles. The smallest absolute Gasteiger partial charge is 0.147 e. The minimum atomic E-state index is -0.278. The van der Waals surface area contributed by atoms with Gasteiger partial charge in [0, 0.05) is 5.56 Å². The Balaban J connectivity index is 1.75. The van der Waals surface area contributed by atoms with Crippen LogP contribution in [0.2, 0.25) is 0 Å². The molecule has 0 aliphatic carbocycles. The van der Waals surface area contributed by atoms with Gasteiger partial charge in [0.15, 0.2) is 0 Å². The molecule has 144 valence electrons. The van der Waals surface area contributed by atoms with Gasteiger partial charge >= 0.3 is 0 Å². The number of fused-ring (bicyclic) bond motifs is 4. The summed E-state index contributed by atoms with van der Waals surface area (Å²) in [6, 6.07) is 22.6. The van der Waals surface area contributed by atoms with Crippen LogP contribution in [0.1, 0.15) is 0 Å². The Kier molecular flexibility index (Phi) is 4.02. The van der Waals surface area contributed by atoms with Crippen LogP contribution in [0.5, 0.6) is 0 Å². The van der Waals surface area contributed by atoms with E-state index in [4.69, 9.17) is 22.2 Å². The molecule has 0 fully saturated rings. The zero-order valence-corrected chi connectivity index (χ0v) is 17.8. The highest BCUT2D eigenvalue weighted by Crippen LogP contribution is 2.40. The molecule has 0 saturated carbocycles. The lowest BCUT2D eigenvalue weighted by Gasteiger charge is -2.09. The maximum absolute atomic E-state index is 13.5. The first-order valence-corrected chi connectivity index (χ1v) is 11.3. The van der Waals surface area contributed by atoms with Gasteiger partial charge in [-0.1, -0.05) is 36.5 Å². The van der Waals surface area contributed by atoms with E-state index in [1.165, 1.54) is 12.1 Å². The van der Waals surface area contributed by atoms with Crippen LogP contribution in [0.4, 0.5) is 4.39 Å². The van der Waals surface area contributed by atoms with Crippen LogP contribution in [-0.4, -0.2) is 14.4 Å². The summed E-state index contributed by atoms with van der Waals surface area (Å²) in [5, 5.41) is 0.864. The lowest BCUT2D eigenvalue weighted by molar-refractivity contribution is 0.628. The minimum Gasteiger partial charge on any atom is -0.283 e. The number of benzene rings is 3. The van der Waals surface area contributed by atoms with Crippen molar-refractivity contribution >= 4 is 60.2 Å². The summed E-state index contributed by atoms with van der Waals surface area (Å²) in [7, 11) is 0. The number of thiazole rings is 2. The maximum Gasteiger partial charge on any atom is 0.147 e. The summed E-state index contributed by atoms with van der Waals surface area (Å²) >= 11 is 9.05. The first-order chi connectivity index (χ1) is 14.7. The third kappa shape index (κ3) is 2.70. The Morgan fingerprint density at radius 1 is 0.800 bits per heavy atom. The van der Waals surface area contributed by atoms with Crippen LogP contribution >= 0.6 is 34.9 Å². The molecular formula is C23H12FN3S3. The first kappa shape index (κ1) is 17.8. The van der Waals surface area contributed by atoms with Crippen LogP contribution in [0, 0.1) is 10.5 Å². The molecule has 0 saturated heterocycles. The summed E-state index contributed by atoms with van der Waals surface area (Å²) < 4.78 is 18.4.